The van der Waals surface area contributed by atoms with Crippen LogP contribution in [0.5, 0.6) is 5.88 Å². The summed E-state index contributed by atoms with van der Waals surface area (Å²) in [5.74, 6) is 1.28. The molecule has 0 aliphatic carbocycles. The van der Waals surface area contributed by atoms with Gasteiger partial charge in [0, 0.05) is 24.4 Å². The highest BCUT2D eigenvalue weighted by Gasteiger charge is 2.35. The summed E-state index contributed by atoms with van der Waals surface area (Å²) in [6, 6.07) is 3.87. The molecule has 124 valence electrons. The van der Waals surface area contributed by atoms with Crippen molar-refractivity contribution in [3.05, 3.63) is 48.1 Å². The summed E-state index contributed by atoms with van der Waals surface area (Å²) in [7, 11) is 0. The molecule has 3 saturated heterocycles. The highest BCUT2D eigenvalue weighted by atomic mass is 16.8. The normalized spacial score (nSPS) is 30.5. The zero-order valence-corrected chi connectivity index (χ0v) is 13.3. The maximum atomic E-state index is 6.10. The number of hydroxylamine groups is 3. The Morgan fingerprint density at radius 3 is 2.88 bits per heavy atom. The molecule has 7 heteroatoms. The van der Waals surface area contributed by atoms with E-state index in [2.05, 4.69) is 20.6 Å². The van der Waals surface area contributed by atoms with Gasteiger partial charge < -0.3 is 4.74 Å². The number of hydrogen-bond donors (Lipinski definition) is 1. The van der Waals surface area contributed by atoms with E-state index in [1.54, 1.807) is 11.3 Å². The Morgan fingerprint density at radius 1 is 1.21 bits per heavy atom. The average molecular weight is 325 g/mol. The SMILES string of the molecule is C1=CN2ONC=C2C=C1c1ccc(O[C@H]2CN3CCC2CC3)nn1. The second kappa shape index (κ2) is 5.61. The van der Waals surface area contributed by atoms with Crippen molar-refractivity contribution >= 4 is 5.57 Å². The van der Waals surface area contributed by atoms with Crippen LogP contribution in [0.25, 0.3) is 5.57 Å². The molecule has 5 aliphatic rings. The van der Waals surface area contributed by atoms with Crippen LogP contribution >= 0.6 is 0 Å². The van der Waals surface area contributed by atoms with Gasteiger partial charge in [0.25, 0.3) is 0 Å². The molecule has 0 spiro atoms. The number of ether oxygens (including phenoxy) is 1. The average Bonchev–Trinajstić information content (AvgIpc) is 3.11. The maximum absolute atomic E-state index is 6.10. The Labute approximate surface area is 140 Å². The Kier molecular flexibility index (Phi) is 3.27. The van der Waals surface area contributed by atoms with Crippen LogP contribution in [0.2, 0.25) is 0 Å². The number of nitrogens with one attached hydrogen (secondary N) is 1. The van der Waals surface area contributed by atoms with Gasteiger partial charge in [-0.15, -0.1) is 10.2 Å². The molecule has 0 radical (unpaired) electrons. The molecule has 0 saturated carbocycles. The number of allylic oxidation sites excluding steroid dienone is 3. The molecule has 3 fully saturated rings. The van der Waals surface area contributed by atoms with Gasteiger partial charge >= 0.3 is 0 Å². The molecule has 1 N–H and O–H groups in total. The van der Waals surface area contributed by atoms with E-state index < -0.39 is 0 Å². The number of nitrogens with zero attached hydrogens (tertiary/aromatic N) is 4. The minimum atomic E-state index is 0.252. The van der Waals surface area contributed by atoms with E-state index in [1.807, 2.05) is 30.5 Å². The first kappa shape index (κ1) is 14.0. The molecule has 1 aromatic rings. The lowest BCUT2D eigenvalue weighted by Crippen LogP contribution is -2.52. The van der Waals surface area contributed by atoms with Gasteiger partial charge in [-0.1, -0.05) is 0 Å². The van der Waals surface area contributed by atoms with Crippen LogP contribution in [0.15, 0.2) is 42.4 Å². The summed E-state index contributed by atoms with van der Waals surface area (Å²) in [5.41, 5.74) is 5.46. The van der Waals surface area contributed by atoms with Crippen LogP contribution in [0.1, 0.15) is 18.5 Å². The fourth-order valence-corrected chi connectivity index (χ4v) is 3.73. The predicted molar refractivity (Wildman–Crippen MR) is 86.9 cm³/mol. The second-order valence-corrected chi connectivity index (χ2v) is 6.57. The Bertz CT molecular complexity index is 719. The highest BCUT2D eigenvalue weighted by Crippen LogP contribution is 2.30. The van der Waals surface area contributed by atoms with Crippen molar-refractivity contribution in [2.24, 2.45) is 5.92 Å². The van der Waals surface area contributed by atoms with Crippen LogP contribution in [-0.2, 0) is 4.94 Å². The van der Waals surface area contributed by atoms with Crippen LogP contribution in [-0.4, -0.2) is 45.9 Å². The van der Waals surface area contributed by atoms with Gasteiger partial charge in [-0.05, 0) is 50.1 Å². The van der Waals surface area contributed by atoms with Crippen molar-refractivity contribution in [3.63, 3.8) is 0 Å². The summed E-state index contributed by atoms with van der Waals surface area (Å²) < 4.78 is 6.10. The lowest BCUT2D eigenvalue weighted by Gasteiger charge is -2.44. The van der Waals surface area contributed by atoms with E-state index in [-0.39, 0.29) is 6.10 Å². The van der Waals surface area contributed by atoms with Gasteiger partial charge in [-0.2, -0.15) is 4.94 Å². The lowest BCUT2D eigenvalue weighted by atomic mass is 9.86. The fraction of sp³-hybridized carbons (Fsp3) is 0.412. The summed E-state index contributed by atoms with van der Waals surface area (Å²) in [5, 5.41) is 10.3. The topological polar surface area (TPSA) is 62.8 Å². The van der Waals surface area contributed by atoms with Gasteiger partial charge in [0.05, 0.1) is 17.6 Å². The summed E-state index contributed by atoms with van der Waals surface area (Å²) >= 11 is 0. The van der Waals surface area contributed by atoms with E-state index in [0.717, 1.165) is 23.5 Å². The van der Waals surface area contributed by atoms with Crippen LogP contribution < -0.4 is 10.2 Å². The number of fused-ring (bicyclic) bond motifs is 4. The molecule has 1 atom stereocenters. The number of rotatable bonds is 3. The summed E-state index contributed by atoms with van der Waals surface area (Å²) in [4.78, 5) is 7.64. The highest BCUT2D eigenvalue weighted by molar-refractivity contribution is 5.75. The van der Waals surface area contributed by atoms with Gasteiger partial charge in [0.2, 0.25) is 5.88 Å². The number of piperidine rings is 3. The minimum Gasteiger partial charge on any atom is -0.472 e. The molecular formula is C17H19N5O2. The molecule has 6 rings (SSSR count). The van der Waals surface area contributed by atoms with E-state index in [1.165, 1.54) is 25.9 Å². The molecule has 0 aromatic carbocycles. The van der Waals surface area contributed by atoms with Gasteiger partial charge in [-0.3, -0.25) is 4.90 Å². The van der Waals surface area contributed by atoms with Gasteiger partial charge in [-0.25, -0.2) is 10.5 Å². The molecule has 6 heterocycles. The van der Waals surface area contributed by atoms with Crippen LogP contribution in [0.4, 0.5) is 0 Å². The minimum absolute atomic E-state index is 0.252. The Hall–Kier alpha value is -2.38. The molecule has 0 unspecified atom stereocenters. The van der Waals surface area contributed by atoms with Crippen molar-refractivity contribution < 1.29 is 9.68 Å². The zero-order valence-electron chi connectivity index (χ0n) is 13.3. The third kappa shape index (κ3) is 2.46. The second-order valence-electron chi connectivity index (χ2n) is 6.57. The number of aromatic nitrogens is 2. The third-order valence-electron chi connectivity index (χ3n) is 5.11. The smallest absolute Gasteiger partial charge is 0.233 e. The summed E-state index contributed by atoms with van der Waals surface area (Å²) in [6.45, 7) is 3.43. The zero-order chi connectivity index (χ0) is 15.9. The third-order valence-corrected chi connectivity index (χ3v) is 5.11. The molecule has 5 aliphatic heterocycles. The van der Waals surface area contributed by atoms with Crippen molar-refractivity contribution in [1.29, 1.82) is 0 Å². The van der Waals surface area contributed by atoms with Crippen molar-refractivity contribution in [2.75, 3.05) is 19.6 Å². The first-order chi connectivity index (χ1) is 11.8. The van der Waals surface area contributed by atoms with Crippen molar-refractivity contribution in [2.45, 2.75) is 18.9 Å². The number of hydrogen-bond acceptors (Lipinski definition) is 7. The standard InChI is InChI=1S/C17H19N5O2/c1-2-17(23-16-11-21-6-3-12(16)4-7-21)20-19-15(1)13-5-8-22-14(9-13)10-18-24-22/h1-2,5,8-10,12,16,18H,3-4,6-7,11H2/t16-/m0/s1. The first-order valence-electron chi connectivity index (χ1n) is 8.40. The van der Waals surface area contributed by atoms with Crippen molar-refractivity contribution in [1.82, 2.24) is 25.6 Å². The monoisotopic (exact) mass is 325 g/mol. The molecule has 7 nitrogen and oxygen atoms in total. The van der Waals surface area contributed by atoms with E-state index in [0.29, 0.717) is 11.8 Å². The Morgan fingerprint density at radius 2 is 2.12 bits per heavy atom. The molecule has 1 aromatic heterocycles. The predicted octanol–water partition coefficient (Wildman–Crippen LogP) is 1.45. The van der Waals surface area contributed by atoms with E-state index in [4.69, 9.17) is 9.68 Å². The van der Waals surface area contributed by atoms with Crippen LogP contribution in [0.3, 0.4) is 0 Å². The molecule has 24 heavy (non-hydrogen) atoms. The van der Waals surface area contributed by atoms with E-state index in [9.17, 15) is 0 Å². The first-order valence-corrected chi connectivity index (χ1v) is 8.40. The molecular weight excluding hydrogens is 306 g/mol. The largest absolute Gasteiger partial charge is 0.472 e. The quantitative estimate of drug-likeness (QED) is 0.902. The van der Waals surface area contributed by atoms with E-state index >= 15 is 0 Å². The molecule has 2 bridgehead atoms. The van der Waals surface area contributed by atoms with Gasteiger partial charge in [0.1, 0.15) is 6.10 Å². The summed E-state index contributed by atoms with van der Waals surface area (Å²) in [6.07, 6.45) is 10.3. The Balaban J connectivity index is 1.30. The maximum Gasteiger partial charge on any atom is 0.233 e. The van der Waals surface area contributed by atoms with Gasteiger partial charge in [0.15, 0.2) is 0 Å². The van der Waals surface area contributed by atoms with Crippen LogP contribution in [0, 0.1) is 5.92 Å². The molecule has 0 amide bonds. The van der Waals surface area contributed by atoms with Crippen molar-refractivity contribution in [3.8, 4) is 5.88 Å². The lowest BCUT2D eigenvalue weighted by molar-refractivity contribution is -0.112. The fourth-order valence-electron chi connectivity index (χ4n) is 3.73.